The van der Waals surface area contributed by atoms with Gasteiger partial charge in [0, 0.05) is 17.7 Å². The second-order valence-corrected chi connectivity index (χ2v) is 3.46. The third kappa shape index (κ3) is 2.17. The van der Waals surface area contributed by atoms with Crippen LogP contribution in [0.4, 0.5) is 13.2 Å². The van der Waals surface area contributed by atoms with E-state index < -0.39 is 17.5 Å². The minimum atomic E-state index is -0.873. The lowest BCUT2D eigenvalue weighted by Gasteiger charge is -2.03. The smallest absolute Gasteiger partial charge is 0.152 e. The molecule has 2 rings (SSSR count). The Balaban J connectivity index is 2.58. The predicted octanol–water partition coefficient (Wildman–Crippen LogP) is 3.62. The van der Waals surface area contributed by atoms with E-state index in [0.29, 0.717) is 6.07 Å². The number of hydrogen-bond acceptors (Lipinski definition) is 1. The zero-order valence-corrected chi connectivity index (χ0v) is 8.52. The van der Waals surface area contributed by atoms with E-state index >= 15 is 0 Å². The minimum Gasteiger partial charge on any atom is -0.250 e. The van der Waals surface area contributed by atoms with Crippen LogP contribution in [0.2, 0.25) is 5.02 Å². The molecule has 0 atom stereocenters. The maximum absolute atomic E-state index is 13.3. The van der Waals surface area contributed by atoms with Gasteiger partial charge in [-0.05, 0) is 12.1 Å². The molecule has 1 nitrogen and oxygen atoms in total. The Kier molecular flexibility index (Phi) is 2.83. The zero-order chi connectivity index (χ0) is 11.7. The van der Waals surface area contributed by atoms with E-state index in [0.717, 1.165) is 12.3 Å². The molecular formula is C11H4ClF3N. The molecule has 16 heavy (non-hydrogen) atoms. The van der Waals surface area contributed by atoms with Crippen LogP contribution in [-0.2, 0) is 0 Å². The van der Waals surface area contributed by atoms with Crippen LogP contribution in [0.25, 0.3) is 11.3 Å². The topological polar surface area (TPSA) is 12.9 Å². The summed E-state index contributed by atoms with van der Waals surface area (Å²) in [6, 6.07) is 5.18. The quantitative estimate of drug-likeness (QED) is 0.744. The molecule has 0 unspecified atom stereocenters. The lowest BCUT2D eigenvalue weighted by atomic mass is 10.1. The molecule has 0 fully saturated rings. The largest absolute Gasteiger partial charge is 0.250 e. The highest BCUT2D eigenvalue weighted by Gasteiger charge is 2.10. The molecule has 1 aromatic carbocycles. The summed E-state index contributed by atoms with van der Waals surface area (Å²) in [7, 11) is 0. The summed E-state index contributed by atoms with van der Waals surface area (Å²) in [5.74, 6) is -2.40. The van der Waals surface area contributed by atoms with Crippen molar-refractivity contribution in [2.75, 3.05) is 0 Å². The second kappa shape index (κ2) is 4.14. The maximum Gasteiger partial charge on any atom is 0.152 e. The van der Waals surface area contributed by atoms with E-state index in [4.69, 9.17) is 11.6 Å². The van der Waals surface area contributed by atoms with Crippen LogP contribution in [0.1, 0.15) is 0 Å². The molecule has 1 heterocycles. The third-order valence-electron chi connectivity index (χ3n) is 1.88. The van der Waals surface area contributed by atoms with Crippen molar-refractivity contribution >= 4 is 11.6 Å². The highest BCUT2D eigenvalue weighted by atomic mass is 35.5. The Morgan fingerprint density at radius 1 is 1.12 bits per heavy atom. The van der Waals surface area contributed by atoms with Gasteiger partial charge < -0.3 is 0 Å². The fraction of sp³-hybridized carbons (Fsp3) is 0. The molecule has 5 heteroatoms. The van der Waals surface area contributed by atoms with Crippen LogP contribution in [0.3, 0.4) is 0 Å². The standard InChI is InChI=1S/C11H4ClF3N/c12-7-1-6(2-8(13)3-7)11-10(15)4-9(14)5-16-11/h1-2,4-5H. The molecule has 0 aliphatic heterocycles. The zero-order valence-electron chi connectivity index (χ0n) is 7.77. The van der Waals surface area contributed by atoms with E-state index in [-0.39, 0.29) is 16.3 Å². The van der Waals surface area contributed by atoms with Crippen LogP contribution >= 0.6 is 11.6 Å². The van der Waals surface area contributed by atoms with Gasteiger partial charge in [0.15, 0.2) is 5.82 Å². The predicted molar refractivity (Wildman–Crippen MR) is 53.4 cm³/mol. The van der Waals surface area contributed by atoms with Gasteiger partial charge in [-0.15, -0.1) is 0 Å². The number of nitrogens with zero attached hydrogens (tertiary/aromatic N) is 1. The third-order valence-corrected chi connectivity index (χ3v) is 2.09. The van der Waals surface area contributed by atoms with Gasteiger partial charge in [-0.2, -0.15) is 0 Å². The molecule has 0 spiro atoms. The molecule has 81 valence electrons. The molecule has 0 saturated carbocycles. The van der Waals surface area contributed by atoms with Gasteiger partial charge in [-0.25, -0.2) is 13.2 Å². The van der Waals surface area contributed by atoms with Crippen LogP contribution in [0, 0.1) is 23.5 Å². The fourth-order valence-corrected chi connectivity index (χ4v) is 1.47. The first-order valence-corrected chi connectivity index (χ1v) is 4.64. The van der Waals surface area contributed by atoms with Crippen LogP contribution in [-0.4, -0.2) is 4.98 Å². The van der Waals surface area contributed by atoms with Crippen molar-refractivity contribution in [3.8, 4) is 11.3 Å². The van der Waals surface area contributed by atoms with Crippen LogP contribution in [0.5, 0.6) is 0 Å². The number of hydrogen-bond donors (Lipinski definition) is 0. The van der Waals surface area contributed by atoms with E-state index in [1.165, 1.54) is 6.07 Å². The molecule has 0 amide bonds. The van der Waals surface area contributed by atoms with Crippen molar-refractivity contribution in [3.63, 3.8) is 0 Å². The van der Waals surface area contributed by atoms with Crippen molar-refractivity contribution in [1.82, 2.24) is 4.98 Å². The normalized spacial score (nSPS) is 10.5. The van der Waals surface area contributed by atoms with Gasteiger partial charge in [-0.1, -0.05) is 11.6 Å². The summed E-state index contributed by atoms with van der Waals surface area (Å²) in [6.07, 6.45) is 0.848. The van der Waals surface area contributed by atoms with Gasteiger partial charge in [0.2, 0.25) is 0 Å². The molecule has 2 aromatic rings. The fourth-order valence-electron chi connectivity index (χ4n) is 1.26. The molecule has 0 bridgehead atoms. The van der Waals surface area contributed by atoms with Crippen molar-refractivity contribution in [2.24, 2.45) is 0 Å². The highest BCUT2D eigenvalue weighted by Crippen LogP contribution is 2.24. The maximum atomic E-state index is 13.3. The summed E-state index contributed by atoms with van der Waals surface area (Å²) in [5.41, 5.74) is -0.0186. The summed E-state index contributed by atoms with van der Waals surface area (Å²) < 4.78 is 38.9. The van der Waals surface area contributed by atoms with Gasteiger partial charge in [0.05, 0.1) is 11.2 Å². The van der Waals surface area contributed by atoms with Gasteiger partial charge in [0.1, 0.15) is 17.3 Å². The average Bonchev–Trinajstić information content (AvgIpc) is 2.15. The average molecular weight is 243 g/mol. The summed E-state index contributed by atoms with van der Waals surface area (Å²) >= 11 is 5.56. The molecular weight excluding hydrogens is 239 g/mol. The monoisotopic (exact) mass is 242 g/mol. The number of benzene rings is 1. The van der Waals surface area contributed by atoms with Crippen molar-refractivity contribution < 1.29 is 13.2 Å². The van der Waals surface area contributed by atoms with Crippen LogP contribution < -0.4 is 0 Å². The van der Waals surface area contributed by atoms with E-state index in [1.807, 2.05) is 0 Å². The number of aromatic nitrogens is 1. The van der Waals surface area contributed by atoms with E-state index in [2.05, 4.69) is 11.1 Å². The lowest BCUT2D eigenvalue weighted by molar-refractivity contribution is 0.576. The summed E-state index contributed by atoms with van der Waals surface area (Å²) in [4.78, 5) is 3.54. The second-order valence-electron chi connectivity index (χ2n) is 3.05. The first-order valence-electron chi connectivity index (χ1n) is 4.26. The molecule has 0 aliphatic carbocycles. The first-order chi connectivity index (χ1) is 7.56. The molecule has 0 saturated heterocycles. The van der Waals surface area contributed by atoms with Crippen molar-refractivity contribution in [3.05, 3.63) is 52.9 Å². The highest BCUT2D eigenvalue weighted by molar-refractivity contribution is 6.30. The summed E-state index contributed by atoms with van der Waals surface area (Å²) in [6.45, 7) is 0. The summed E-state index contributed by atoms with van der Waals surface area (Å²) in [5, 5.41) is 0.000486. The van der Waals surface area contributed by atoms with Gasteiger partial charge in [0.25, 0.3) is 0 Å². The Bertz CT molecular complexity index is 522. The minimum absolute atomic E-state index is 0.000486. The Morgan fingerprint density at radius 3 is 2.50 bits per heavy atom. The molecule has 0 aliphatic rings. The van der Waals surface area contributed by atoms with Gasteiger partial charge in [-0.3, -0.25) is 4.98 Å². The van der Waals surface area contributed by atoms with Crippen molar-refractivity contribution in [2.45, 2.75) is 0 Å². The Hall–Kier alpha value is -1.55. The molecule has 1 aromatic heterocycles. The first kappa shape index (κ1) is 11.0. The van der Waals surface area contributed by atoms with Gasteiger partial charge >= 0.3 is 0 Å². The SMILES string of the molecule is Fc1[c]c(Cl)cc(-c2ncc(F)cc2F)c1. The van der Waals surface area contributed by atoms with E-state index in [1.54, 1.807) is 0 Å². The molecule has 0 N–H and O–H groups in total. The Labute approximate surface area is 94.5 Å². The Morgan fingerprint density at radius 2 is 1.88 bits per heavy atom. The number of pyridine rings is 1. The number of halogens is 4. The van der Waals surface area contributed by atoms with Crippen molar-refractivity contribution in [1.29, 1.82) is 0 Å². The van der Waals surface area contributed by atoms with E-state index in [9.17, 15) is 13.2 Å². The van der Waals surface area contributed by atoms with Crippen LogP contribution in [0.15, 0.2) is 24.4 Å². The lowest BCUT2D eigenvalue weighted by Crippen LogP contribution is -1.92. The molecule has 1 radical (unpaired) electrons. The number of rotatable bonds is 1.